The molecular formula is C18H15FN4O4S. The van der Waals surface area contributed by atoms with E-state index in [4.69, 9.17) is 10.00 Å². The van der Waals surface area contributed by atoms with Crippen molar-refractivity contribution in [2.75, 3.05) is 11.9 Å². The Hall–Kier alpha value is -3.34. The fourth-order valence-corrected chi connectivity index (χ4v) is 4.07. The van der Waals surface area contributed by atoms with Gasteiger partial charge in [0.15, 0.2) is 11.4 Å². The molecule has 2 heterocycles. The SMILES string of the molecule is CC#C[C@@H]1COc2c(cn(C)c2C(=O)Nc2ccc(F)c(C#N)c2)S(=O)(=O)N1. The molecule has 0 bridgehead atoms. The third kappa shape index (κ3) is 3.56. The molecule has 0 saturated carbocycles. The van der Waals surface area contributed by atoms with E-state index >= 15 is 0 Å². The number of hydrogen-bond acceptors (Lipinski definition) is 5. The third-order valence-corrected chi connectivity index (χ3v) is 5.43. The van der Waals surface area contributed by atoms with Crippen LogP contribution in [0.25, 0.3) is 0 Å². The van der Waals surface area contributed by atoms with Gasteiger partial charge in [0.25, 0.3) is 5.91 Å². The van der Waals surface area contributed by atoms with E-state index in [1.165, 1.54) is 29.9 Å². The molecule has 0 aliphatic carbocycles. The first-order valence-corrected chi connectivity index (χ1v) is 9.53. The van der Waals surface area contributed by atoms with E-state index in [1.807, 2.05) is 0 Å². The van der Waals surface area contributed by atoms with Gasteiger partial charge in [-0.2, -0.15) is 9.98 Å². The van der Waals surface area contributed by atoms with Crippen LogP contribution in [0.3, 0.4) is 0 Å². The summed E-state index contributed by atoms with van der Waals surface area (Å²) >= 11 is 0. The van der Waals surface area contributed by atoms with Gasteiger partial charge in [-0.25, -0.2) is 12.8 Å². The molecule has 0 radical (unpaired) electrons. The number of aromatic nitrogens is 1. The molecule has 1 aromatic carbocycles. The van der Waals surface area contributed by atoms with Crippen molar-refractivity contribution in [3.63, 3.8) is 0 Å². The van der Waals surface area contributed by atoms with Gasteiger partial charge >= 0.3 is 0 Å². The number of halogens is 1. The molecule has 1 aromatic heterocycles. The zero-order valence-electron chi connectivity index (χ0n) is 14.9. The Morgan fingerprint density at radius 2 is 2.21 bits per heavy atom. The topological polar surface area (TPSA) is 113 Å². The molecule has 1 aliphatic heterocycles. The normalized spacial score (nSPS) is 17.1. The molecule has 1 amide bonds. The van der Waals surface area contributed by atoms with Crippen molar-refractivity contribution in [3.8, 4) is 23.7 Å². The van der Waals surface area contributed by atoms with Gasteiger partial charge in [0.05, 0.1) is 5.56 Å². The van der Waals surface area contributed by atoms with Crippen LogP contribution in [0.5, 0.6) is 5.75 Å². The summed E-state index contributed by atoms with van der Waals surface area (Å²) in [7, 11) is -2.45. The Morgan fingerprint density at radius 3 is 2.89 bits per heavy atom. The molecule has 2 aromatic rings. The number of rotatable bonds is 2. The number of fused-ring (bicyclic) bond motifs is 1. The number of nitrogens with one attached hydrogen (secondary N) is 2. The van der Waals surface area contributed by atoms with Crippen LogP contribution in [0.4, 0.5) is 10.1 Å². The summed E-state index contributed by atoms with van der Waals surface area (Å²) in [5, 5.41) is 11.4. The van der Waals surface area contributed by atoms with Gasteiger partial charge in [0, 0.05) is 18.9 Å². The first-order chi connectivity index (χ1) is 13.3. The largest absolute Gasteiger partial charge is 0.487 e. The summed E-state index contributed by atoms with van der Waals surface area (Å²) in [5.41, 5.74) is -0.0805. The van der Waals surface area contributed by atoms with Crippen LogP contribution in [-0.4, -0.2) is 31.5 Å². The molecule has 0 spiro atoms. The maximum atomic E-state index is 13.5. The second-order valence-electron chi connectivity index (χ2n) is 5.92. The fraction of sp³-hybridized carbons (Fsp3) is 0.222. The Labute approximate surface area is 161 Å². The number of hydrogen-bond donors (Lipinski definition) is 2. The van der Waals surface area contributed by atoms with Gasteiger partial charge < -0.3 is 14.6 Å². The van der Waals surface area contributed by atoms with Crippen LogP contribution in [-0.2, 0) is 17.1 Å². The predicted molar refractivity (Wildman–Crippen MR) is 97.5 cm³/mol. The summed E-state index contributed by atoms with van der Waals surface area (Å²) in [5.74, 6) is 3.82. The van der Waals surface area contributed by atoms with Gasteiger partial charge in [0.1, 0.15) is 29.4 Å². The van der Waals surface area contributed by atoms with Crippen molar-refractivity contribution < 1.29 is 22.3 Å². The molecule has 8 nitrogen and oxygen atoms in total. The highest BCUT2D eigenvalue weighted by atomic mass is 32.2. The van der Waals surface area contributed by atoms with E-state index in [-0.39, 0.29) is 34.2 Å². The lowest BCUT2D eigenvalue weighted by molar-refractivity contribution is 0.101. The highest BCUT2D eigenvalue weighted by Crippen LogP contribution is 2.32. The quantitative estimate of drug-likeness (QED) is 0.737. The maximum Gasteiger partial charge on any atom is 0.276 e. The maximum absolute atomic E-state index is 13.5. The number of nitrogens with zero attached hydrogens (tertiary/aromatic N) is 2. The fourth-order valence-electron chi connectivity index (χ4n) is 2.75. The molecule has 0 unspecified atom stereocenters. The molecular weight excluding hydrogens is 387 g/mol. The number of aryl methyl sites for hydroxylation is 1. The third-order valence-electron chi connectivity index (χ3n) is 3.96. The van der Waals surface area contributed by atoms with Gasteiger partial charge in [-0.05, 0) is 25.1 Å². The molecule has 1 aliphatic rings. The van der Waals surface area contributed by atoms with Crippen LogP contribution in [0, 0.1) is 29.0 Å². The molecule has 0 saturated heterocycles. The second kappa shape index (κ2) is 7.35. The molecule has 144 valence electrons. The molecule has 3 rings (SSSR count). The number of carbonyl (C=O) groups is 1. The minimum atomic E-state index is -3.95. The summed E-state index contributed by atoms with van der Waals surface area (Å²) in [4.78, 5) is 12.6. The van der Waals surface area contributed by atoms with E-state index in [2.05, 4.69) is 21.9 Å². The van der Waals surface area contributed by atoms with Crippen molar-refractivity contribution in [2.45, 2.75) is 17.9 Å². The summed E-state index contributed by atoms with van der Waals surface area (Å²) in [6.07, 6.45) is 1.26. The van der Waals surface area contributed by atoms with Crippen LogP contribution < -0.4 is 14.8 Å². The van der Waals surface area contributed by atoms with Crippen LogP contribution in [0.2, 0.25) is 0 Å². The van der Waals surface area contributed by atoms with Gasteiger partial charge in [-0.1, -0.05) is 5.92 Å². The number of nitriles is 1. The van der Waals surface area contributed by atoms with Gasteiger partial charge in [-0.15, -0.1) is 5.92 Å². The van der Waals surface area contributed by atoms with Crippen molar-refractivity contribution in [1.82, 2.24) is 9.29 Å². The first-order valence-electron chi connectivity index (χ1n) is 8.04. The van der Waals surface area contributed by atoms with Crippen LogP contribution >= 0.6 is 0 Å². The van der Waals surface area contributed by atoms with Crippen molar-refractivity contribution in [2.24, 2.45) is 7.05 Å². The molecule has 10 heteroatoms. The van der Waals surface area contributed by atoms with Crippen molar-refractivity contribution >= 4 is 21.6 Å². The van der Waals surface area contributed by atoms with E-state index in [9.17, 15) is 17.6 Å². The number of ether oxygens (including phenoxy) is 1. The number of sulfonamides is 1. The lowest BCUT2D eigenvalue weighted by Gasteiger charge is -2.11. The first kappa shape index (κ1) is 19.4. The predicted octanol–water partition coefficient (Wildman–Crippen LogP) is 1.35. The summed E-state index contributed by atoms with van der Waals surface area (Å²) in [6.45, 7) is 1.50. The van der Waals surface area contributed by atoms with Gasteiger partial charge in [-0.3, -0.25) is 4.79 Å². The Bertz CT molecular complexity index is 1170. The summed E-state index contributed by atoms with van der Waals surface area (Å²) < 4.78 is 47.9. The lowest BCUT2D eigenvalue weighted by Crippen LogP contribution is -2.35. The summed E-state index contributed by atoms with van der Waals surface area (Å²) in [6, 6.07) is 4.46. The number of benzene rings is 1. The van der Waals surface area contributed by atoms with E-state index in [0.717, 1.165) is 6.07 Å². The second-order valence-corrected chi connectivity index (χ2v) is 7.60. The standard InChI is InChI=1S/C18H15FN4O4S/c1-3-4-13-10-27-17-15(28(25,26)22-13)9-23(2)16(17)18(24)21-12-5-6-14(19)11(7-12)8-20/h5-7,9,13,22H,10H2,1-2H3,(H,21,24)/t13-/m1/s1. The zero-order chi connectivity index (χ0) is 20.5. The zero-order valence-corrected chi connectivity index (χ0v) is 15.7. The lowest BCUT2D eigenvalue weighted by atomic mass is 10.2. The van der Waals surface area contributed by atoms with E-state index < -0.39 is 27.8 Å². The Morgan fingerprint density at radius 1 is 1.46 bits per heavy atom. The highest BCUT2D eigenvalue weighted by Gasteiger charge is 2.34. The van der Waals surface area contributed by atoms with Crippen LogP contribution in [0.1, 0.15) is 23.0 Å². The average molecular weight is 402 g/mol. The average Bonchev–Trinajstić information content (AvgIpc) is 2.92. The monoisotopic (exact) mass is 402 g/mol. The Kier molecular flexibility index (Phi) is 5.10. The van der Waals surface area contributed by atoms with Crippen molar-refractivity contribution in [1.29, 1.82) is 5.26 Å². The minimum Gasteiger partial charge on any atom is -0.487 e. The van der Waals surface area contributed by atoms with Gasteiger partial charge in [0.2, 0.25) is 10.0 Å². The number of amides is 1. The molecule has 28 heavy (non-hydrogen) atoms. The minimum absolute atomic E-state index is 0.0340. The van der Waals surface area contributed by atoms with E-state index in [0.29, 0.717) is 0 Å². The Balaban J connectivity index is 1.98. The molecule has 1 atom stereocenters. The molecule has 0 fully saturated rings. The van der Waals surface area contributed by atoms with E-state index in [1.54, 1.807) is 13.0 Å². The smallest absolute Gasteiger partial charge is 0.276 e. The number of anilines is 1. The van der Waals surface area contributed by atoms with Crippen molar-refractivity contribution in [3.05, 3.63) is 41.5 Å². The van der Waals surface area contributed by atoms with Crippen LogP contribution in [0.15, 0.2) is 29.3 Å². The highest BCUT2D eigenvalue weighted by molar-refractivity contribution is 7.89. The number of carbonyl (C=O) groups excluding carboxylic acids is 1. The molecule has 2 N–H and O–H groups in total.